The third kappa shape index (κ3) is 2.46. The van der Waals surface area contributed by atoms with Gasteiger partial charge in [0.15, 0.2) is 0 Å². The van der Waals surface area contributed by atoms with Crippen LogP contribution in [0.25, 0.3) is 0 Å². The Morgan fingerprint density at radius 1 is 0.929 bits per heavy atom. The Morgan fingerprint density at radius 3 is 2.29 bits per heavy atom. The molecular weight excluding hydrogens is 190 g/mol. The van der Waals surface area contributed by atoms with Crippen molar-refractivity contribution < 1.29 is 0 Å². The molecule has 3 unspecified atom stereocenters. The van der Waals surface area contributed by atoms with E-state index >= 15 is 0 Å². The van der Waals surface area contributed by atoms with Crippen molar-refractivity contribution >= 4 is 12.6 Å². The highest BCUT2D eigenvalue weighted by Gasteiger charge is 2.32. The van der Waals surface area contributed by atoms with Gasteiger partial charge in [-0.05, 0) is 31.1 Å². The summed E-state index contributed by atoms with van der Waals surface area (Å²) in [6.07, 6.45) is 11.0. The van der Waals surface area contributed by atoms with Crippen LogP contribution in [0.15, 0.2) is 0 Å². The quantitative estimate of drug-likeness (QED) is 0.643. The van der Waals surface area contributed by atoms with E-state index in [1.807, 2.05) is 0 Å². The van der Waals surface area contributed by atoms with Crippen LogP contribution < -0.4 is 5.73 Å². The molecule has 0 aromatic heterocycles. The van der Waals surface area contributed by atoms with Gasteiger partial charge in [-0.3, -0.25) is 0 Å². The van der Waals surface area contributed by atoms with Crippen LogP contribution in [0.1, 0.15) is 51.4 Å². The Labute approximate surface area is 93.2 Å². The molecule has 0 saturated heterocycles. The van der Waals surface area contributed by atoms with Crippen LogP contribution in [0, 0.1) is 11.8 Å². The van der Waals surface area contributed by atoms with Crippen LogP contribution in [0.3, 0.4) is 0 Å². The Balaban J connectivity index is 1.89. The zero-order valence-corrected chi connectivity index (χ0v) is 9.89. The number of rotatable bonds is 1. The lowest BCUT2D eigenvalue weighted by molar-refractivity contribution is 0.174. The second kappa shape index (κ2) is 4.89. The number of nitrogens with two attached hydrogens (primary N) is 1. The number of thiol groups is 1. The van der Waals surface area contributed by atoms with Crippen molar-refractivity contribution in [3.05, 3.63) is 0 Å². The predicted octanol–water partition coefficient (Wildman–Crippen LogP) is 2.99. The van der Waals surface area contributed by atoms with Crippen LogP contribution in [-0.2, 0) is 0 Å². The van der Waals surface area contributed by atoms with E-state index in [0.29, 0.717) is 11.3 Å². The summed E-state index contributed by atoms with van der Waals surface area (Å²) in [5.74, 6) is 1.76. The molecule has 2 N–H and O–H groups in total. The Kier molecular flexibility index (Phi) is 3.78. The van der Waals surface area contributed by atoms with Gasteiger partial charge in [0, 0.05) is 11.3 Å². The highest BCUT2D eigenvalue weighted by molar-refractivity contribution is 7.80. The van der Waals surface area contributed by atoms with E-state index in [1.54, 1.807) is 0 Å². The van der Waals surface area contributed by atoms with E-state index in [9.17, 15) is 0 Å². The van der Waals surface area contributed by atoms with E-state index in [-0.39, 0.29) is 0 Å². The minimum atomic E-state index is 0.439. The van der Waals surface area contributed by atoms with Crippen molar-refractivity contribution in [2.75, 3.05) is 0 Å². The Bertz CT molecular complexity index is 177. The topological polar surface area (TPSA) is 26.0 Å². The van der Waals surface area contributed by atoms with Crippen LogP contribution in [-0.4, -0.2) is 11.3 Å². The van der Waals surface area contributed by atoms with Crippen molar-refractivity contribution in [1.82, 2.24) is 0 Å². The highest BCUT2D eigenvalue weighted by atomic mass is 32.1. The summed E-state index contributed by atoms with van der Waals surface area (Å²) < 4.78 is 0. The number of hydrogen-bond acceptors (Lipinski definition) is 2. The SMILES string of the molecule is NC1CC(S)CCC1C1CCCCC1. The van der Waals surface area contributed by atoms with Gasteiger partial charge < -0.3 is 5.73 Å². The van der Waals surface area contributed by atoms with Gasteiger partial charge in [-0.2, -0.15) is 12.6 Å². The van der Waals surface area contributed by atoms with Gasteiger partial charge in [0.05, 0.1) is 0 Å². The van der Waals surface area contributed by atoms with Gasteiger partial charge in [0.25, 0.3) is 0 Å². The van der Waals surface area contributed by atoms with E-state index in [2.05, 4.69) is 12.6 Å². The molecule has 2 heteroatoms. The van der Waals surface area contributed by atoms with Crippen molar-refractivity contribution in [2.24, 2.45) is 17.6 Å². The third-order valence-corrected chi connectivity index (χ3v) is 4.65. The van der Waals surface area contributed by atoms with Gasteiger partial charge in [-0.25, -0.2) is 0 Å². The molecule has 0 heterocycles. The lowest BCUT2D eigenvalue weighted by Gasteiger charge is -2.39. The molecule has 82 valence electrons. The van der Waals surface area contributed by atoms with E-state index in [4.69, 9.17) is 5.73 Å². The minimum absolute atomic E-state index is 0.439. The molecule has 0 spiro atoms. The molecule has 2 fully saturated rings. The van der Waals surface area contributed by atoms with Crippen LogP contribution in [0.2, 0.25) is 0 Å². The predicted molar refractivity (Wildman–Crippen MR) is 64.7 cm³/mol. The molecule has 2 aliphatic rings. The van der Waals surface area contributed by atoms with Gasteiger partial charge in [0.2, 0.25) is 0 Å². The summed E-state index contributed by atoms with van der Waals surface area (Å²) in [6, 6.07) is 0.439. The fraction of sp³-hybridized carbons (Fsp3) is 1.00. The maximum Gasteiger partial charge on any atom is 0.00802 e. The van der Waals surface area contributed by atoms with E-state index in [0.717, 1.165) is 18.3 Å². The summed E-state index contributed by atoms with van der Waals surface area (Å²) in [5.41, 5.74) is 6.25. The monoisotopic (exact) mass is 213 g/mol. The summed E-state index contributed by atoms with van der Waals surface area (Å²) in [6.45, 7) is 0. The second-order valence-corrected chi connectivity index (χ2v) is 5.92. The average Bonchev–Trinajstić information content (AvgIpc) is 2.19. The van der Waals surface area contributed by atoms with Crippen LogP contribution in [0.5, 0.6) is 0 Å². The van der Waals surface area contributed by atoms with Gasteiger partial charge in [0.1, 0.15) is 0 Å². The highest BCUT2D eigenvalue weighted by Crippen LogP contribution is 2.38. The molecule has 1 nitrogen and oxygen atoms in total. The third-order valence-electron chi connectivity index (χ3n) is 4.18. The zero-order chi connectivity index (χ0) is 9.97. The summed E-state index contributed by atoms with van der Waals surface area (Å²) in [7, 11) is 0. The summed E-state index contributed by atoms with van der Waals surface area (Å²) >= 11 is 4.55. The first kappa shape index (κ1) is 10.8. The second-order valence-electron chi connectivity index (χ2n) is 5.19. The van der Waals surface area contributed by atoms with E-state index < -0.39 is 0 Å². The standard InChI is InChI=1S/C12H23NS/c13-12-8-10(14)6-7-11(12)9-4-2-1-3-5-9/h9-12,14H,1-8,13H2. The molecule has 14 heavy (non-hydrogen) atoms. The lowest BCUT2D eigenvalue weighted by atomic mass is 9.71. The average molecular weight is 213 g/mol. The molecule has 0 aromatic rings. The molecular formula is C12H23NS. The lowest BCUT2D eigenvalue weighted by Crippen LogP contribution is -2.41. The first-order chi connectivity index (χ1) is 6.77. The van der Waals surface area contributed by atoms with Crippen molar-refractivity contribution in [3.63, 3.8) is 0 Å². The molecule has 0 aliphatic heterocycles. The fourth-order valence-electron chi connectivity index (χ4n) is 3.35. The molecule has 2 aliphatic carbocycles. The van der Waals surface area contributed by atoms with Crippen molar-refractivity contribution in [2.45, 2.75) is 62.7 Å². The summed E-state index contributed by atoms with van der Waals surface area (Å²) in [5, 5.41) is 0.574. The molecule has 2 saturated carbocycles. The first-order valence-corrected chi connectivity index (χ1v) is 6.72. The molecule has 0 bridgehead atoms. The normalized spacial score (nSPS) is 41.1. The summed E-state index contributed by atoms with van der Waals surface area (Å²) in [4.78, 5) is 0. The van der Waals surface area contributed by atoms with E-state index in [1.165, 1.54) is 44.9 Å². The van der Waals surface area contributed by atoms with Gasteiger partial charge >= 0.3 is 0 Å². The van der Waals surface area contributed by atoms with Crippen molar-refractivity contribution in [1.29, 1.82) is 0 Å². The largest absolute Gasteiger partial charge is 0.327 e. The molecule has 0 aromatic carbocycles. The Hall–Kier alpha value is 0.310. The first-order valence-electron chi connectivity index (χ1n) is 6.21. The molecule has 0 radical (unpaired) electrons. The number of hydrogen-bond donors (Lipinski definition) is 2. The van der Waals surface area contributed by atoms with Gasteiger partial charge in [-0.1, -0.05) is 32.1 Å². The molecule has 2 rings (SSSR count). The molecule has 0 amide bonds. The van der Waals surface area contributed by atoms with Crippen LogP contribution >= 0.6 is 12.6 Å². The minimum Gasteiger partial charge on any atom is -0.327 e. The van der Waals surface area contributed by atoms with Crippen LogP contribution in [0.4, 0.5) is 0 Å². The van der Waals surface area contributed by atoms with Gasteiger partial charge in [-0.15, -0.1) is 0 Å². The maximum atomic E-state index is 6.25. The fourth-order valence-corrected chi connectivity index (χ4v) is 3.75. The molecule has 3 atom stereocenters. The maximum absolute atomic E-state index is 6.25. The zero-order valence-electron chi connectivity index (χ0n) is 8.99. The van der Waals surface area contributed by atoms with Crippen molar-refractivity contribution in [3.8, 4) is 0 Å². The Morgan fingerprint density at radius 2 is 1.64 bits per heavy atom. The smallest absolute Gasteiger partial charge is 0.00802 e.